The van der Waals surface area contributed by atoms with Gasteiger partial charge in [0, 0.05) is 12.6 Å². The van der Waals surface area contributed by atoms with E-state index in [1.54, 1.807) is 6.08 Å². The third-order valence-corrected chi connectivity index (χ3v) is 2.58. The molecule has 0 spiro atoms. The standard InChI is InChI=1S/C11H16ClN3O/c1-4-5-15(8(2)3)11-9(6-16)10(12)13-7-14-11/h4,7-8,16H,1,5-6H2,2-3H3. The summed E-state index contributed by atoms with van der Waals surface area (Å²) in [4.78, 5) is 10.0. The van der Waals surface area contributed by atoms with Crippen LogP contribution in [-0.2, 0) is 6.61 Å². The van der Waals surface area contributed by atoms with Crippen LogP contribution in [0.5, 0.6) is 0 Å². The van der Waals surface area contributed by atoms with E-state index in [1.807, 2.05) is 18.7 Å². The molecule has 1 aromatic rings. The number of halogens is 1. The van der Waals surface area contributed by atoms with Gasteiger partial charge in [-0.25, -0.2) is 9.97 Å². The molecule has 1 aromatic heterocycles. The molecule has 4 nitrogen and oxygen atoms in total. The fraction of sp³-hybridized carbons (Fsp3) is 0.455. The zero-order valence-electron chi connectivity index (χ0n) is 9.52. The van der Waals surface area contributed by atoms with Crippen molar-refractivity contribution in [2.24, 2.45) is 0 Å². The lowest BCUT2D eigenvalue weighted by atomic mass is 10.2. The van der Waals surface area contributed by atoms with E-state index in [9.17, 15) is 5.11 Å². The molecule has 0 aliphatic heterocycles. The van der Waals surface area contributed by atoms with E-state index in [1.165, 1.54) is 6.33 Å². The van der Waals surface area contributed by atoms with Crippen LogP contribution in [0.2, 0.25) is 5.15 Å². The maximum absolute atomic E-state index is 9.28. The summed E-state index contributed by atoms with van der Waals surface area (Å²) in [5.74, 6) is 0.664. The van der Waals surface area contributed by atoms with Crippen molar-refractivity contribution in [1.29, 1.82) is 0 Å². The van der Waals surface area contributed by atoms with Gasteiger partial charge in [-0.05, 0) is 13.8 Å². The van der Waals surface area contributed by atoms with Crippen LogP contribution >= 0.6 is 11.6 Å². The number of rotatable bonds is 5. The summed E-state index contributed by atoms with van der Waals surface area (Å²) in [5.41, 5.74) is 0.555. The number of aliphatic hydroxyl groups excluding tert-OH is 1. The van der Waals surface area contributed by atoms with Crippen LogP contribution in [0.3, 0.4) is 0 Å². The minimum absolute atomic E-state index is 0.171. The predicted octanol–water partition coefficient (Wildman–Crippen LogP) is 2.02. The van der Waals surface area contributed by atoms with Crippen LogP contribution in [0, 0.1) is 0 Å². The van der Waals surface area contributed by atoms with Crippen LogP contribution < -0.4 is 4.90 Å². The van der Waals surface area contributed by atoms with E-state index in [0.717, 1.165) is 0 Å². The van der Waals surface area contributed by atoms with Crippen molar-refractivity contribution >= 4 is 17.4 Å². The molecule has 0 saturated carbocycles. The Morgan fingerprint density at radius 2 is 2.25 bits per heavy atom. The van der Waals surface area contributed by atoms with Gasteiger partial charge in [-0.2, -0.15) is 0 Å². The molecular weight excluding hydrogens is 226 g/mol. The van der Waals surface area contributed by atoms with E-state index < -0.39 is 0 Å². The molecule has 0 atom stereocenters. The molecule has 0 aliphatic carbocycles. The van der Waals surface area contributed by atoms with Crippen molar-refractivity contribution in [3.8, 4) is 0 Å². The van der Waals surface area contributed by atoms with Gasteiger partial charge < -0.3 is 10.0 Å². The highest BCUT2D eigenvalue weighted by Gasteiger charge is 2.17. The normalized spacial score (nSPS) is 10.6. The average molecular weight is 242 g/mol. The first kappa shape index (κ1) is 12.9. The predicted molar refractivity (Wildman–Crippen MR) is 65.6 cm³/mol. The molecule has 0 fully saturated rings. The molecule has 1 N–H and O–H groups in total. The highest BCUT2D eigenvalue weighted by Crippen LogP contribution is 2.24. The van der Waals surface area contributed by atoms with Crippen LogP contribution in [0.15, 0.2) is 19.0 Å². The van der Waals surface area contributed by atoms with E-state index in [-0.39, 0.29) is 12.6 Å². The van der Waals surface area contributed by atoms with Gasteiger partial charge in [0.2, 0.25) is 0 Å². The molecule has 88 valence electrons. The molecule has 0 aliphatic rings. The minimum Gasteiger partial charge on any atom is -0.391 e. The monoisotopic (exact) mass is 241 g/mol. The first-order valence-electron chi connectivity index (χ1n) is 5.09. The first-order chi connectivity index (χ1) is 7.61. The van der Waals surface area contributed by atoms with Gasteiger partial charge in [0.05, 0.1) is 12.2 Å². The average Bonchev–Trinajstić information content (AvgIpc) is 2.25. The molecule has 0 radical (unpaired) electrons. The van der Waals surface area contributed by atoms with Crippen molar-refractivity contribution in [3.63, 3.8) is 0 Å². The summed E-state index contributed by atoms with van der Waals surface area (Å²) >= 11 is 5.91. The van der Waals surface area contributed by atoms with Gasteiger partial charge in [-0.15, -0.1) is 6.58 Å². The Bertz CT molecular complexity index is 368. The number of nitrogens with zero attached hydrogens (tertiary/aromatic N) is 3. The third kappa shape index (κ3) is 2.71. The van der Waals surface area contributed by atoms with Gasteiger partial charge >= 0.3 is 0 Å². The van der Waals surface area contributed by atoms with Crippen LogP contribution in [0.1, 0.15) is 19.4 Å². The van der Waals surface area contributed by atoms with Gasteiger partial charge in [-0.1, -0.05) is 17.7 Å². The molecular formula is C11H16ClN3O. The smallest absolute Gasteiger partial charge is 0.140 e. The van der Waals surface area contributed by atoms with Crippen LogP contribution in [-0.4, -0.2) is 27.7 Å². The highest BCUT2D eigenvalue weighted by atomic mass is 35.5. The van der Waals surface area contributed by atoms with Gasteiger partial charge in [0.1, 0.15) is 17.3 Å². The molecule has 0 bridgehead atoms. The number of aromatic nitrogens is 2. The van der Waals surface area contributed by atoms with E-state index >= 15 is 0 Å². The Morgan fingerprint density at radius 1 is 1.56 bits per heavy atom. The highest BCUT2D eigenvalue weighted by molar-refractivity contribution is 6.30. The first-order valence-corrected chi connectivity index (χ1v) is 5.47. The van der Waals surface area contributed by atoms with E-state index in [4.69, 9.17) is 11.6 Å². The summed E-state index contributed by atoms with van der Waals surface area (Å²) in [6, 6.07) is 0.245. The Morgan fingerprint density at radius 3 is 2.75 bits per heavy atom. The third-order valence-electron chi connectivity index (χ3n) is 2.25. The molecule has 0 aromatic carbocycles. The topological polar surface area (TPSA) is 49.2 Å². The quantitative estimate of drug-likeness (QED) is 0.633. The van der Waals surface area contributed by atoms with Crippen molar-refractivity contribution in [1.82, 2.24) is 9.97 Å². The molecule has 1 heterocycles. The van der Waals surface area contributed by atoms with Crippen LogP contribution in [0.4, 0.5) is 5.82 Å². The molecule has 1 rings (SSSR count). The summed E-state index contributed by atoms with van der Waals surface area (Å²) in [6.07, 6.45) is 3.19. The fourth-order valence-corrected chi connectivity index (χ4v) is 1.63. The largest absolute Gasteiger partial charge is 0.391 e. The van der Waals surface area contributed by atoms with Gasteiger partial charge in [-0.3, -0.25) is 0 Å². The zero-order chi connectivity index (χ0) is 12.1. The summed E-state index contributed by atoms with van der Waals surface area (Å²) in [7, 11) is 0. The zero-order valence-corrected chi connectivity index (χ0v) is 10.3. The molecule has 16 heavy (non-hydrogen) atoms. The molecule has 0 amide bonds. The number of hydrogen-bond acceptors (Lipinski definition) is 4. The maximum Gasteiger partial charge on any atom is 0.140 e. The lowest BCUT2D eigenvalue weighted by Gasteiger charge is -2.28. The molecule has 5 heteroatoms. The Balaban J connectivity index is 3.17. The number of anilines is 1. The fourth-order valence-electron chi connectivity index (χ4n) is 1.45. The van der Waals surface area contributed by atoms with E-state index in [2.05, 4.69) is 16.5 Å². The van der Waals surface area contributed by atoms with Crippen LogP contribution in [0.25, 0.3) is 0 Å². The summed E-state index contributed by atoms with van der Waals surface area (Å²) in [6.45, 7) is 8.27. The van der Waals surface area contributed by atoms with Gasteiger partial charge in [0.15, 0.2) is 0 Å². The Labute approximate surface area is 101 Å². The molecule has 0 unspecified atom stereocenters. The SMILES string of the molecule is C=CCN(c1ncnc(Cl)c1CO)C(C)C. The second-order valence-corrected chi connectivity index (χ2v) is 4.02. The lowest BCUT2D eigenvalue weighted by molar-refractivity contribution is 0.281. The van der Waals surface area contributed by atoms with Crippen molar-refractivity contribution < 1.29 is 5.11 Å². The Hall–Kier alpha value is -1.13. The second-order valence-electron chi connectivity index (χ2n) is 3.66. The van der Waals surface area contributed by atoms with Crippen molar-refractivity contribution in [2.45, 2.75) is 26.5 Å². The minimum atomic E-state index is -0.171. The van der Waals surface area contributed by atoms with Gasteiger partial charge in [0.25, 0.3) is 0 Å². The Kier molecular flexibility index (Phi) is 4.71. The second kappa shape index (κ2) is 5.82. The number of aliphatic hydroxyl groups is 1. The van der Waals surface area contributed by atoms with Crippen molar-refractivity contribution in [2.75, 3.05) is 11.4 Å². The summed E-state index contributed by atoms with van der Waals surface area (Å²) in [5, 5.41) is 9.57. The maximum atomic E-state index is 9.28. The number of hydrogen-bond donors (Lipinski definition) is 1. The summed E-state index contributed by atoms with van der Waals surface area (Å²) < 4.78 is 0. The lowest BCUT2D eigenvalue weighted by Crippen LogP contribution is -2.32. The molecule has 0 saturated heterocycles. The van der Waals surface area contributed by atoms with E-state index in [0.29, 0.717) is 23.1 Å². The van der Waals surface area contributed by atoms with Crippen molar-refractivity contribution in [3.05, 3.63) is 29.7 Å².